The summed E-state index contributed by atoms with van der Waals surface area (Å²) in [4.78, 5) is 29.7. The van der Waals surface area contributed by atoms with Crippen LogP contribution in [0.4, 0.5) is 5.69 Å². The molecule has 1 N–H and O–H groups in total. The number of carbonyl (C=O) groups is 2. The second kappa shape index (κ2) is 6.13. The first-order valence-corrected chi connectivity index (χ1v) is 9.34. The number of hydrogen-bond donors (Lipinski definition) is 1. The molecule has 3 heterocycles. The summed E-state index contributed by atoms with van der Waals surface area (Å²) in [7, 11) is 0. The predicted molar refractivity (Wildman–Crippen MR) is 95.3 cm³/mol. The Balaban J connectivity index is 1.53. The lowest BCUT2D eigenvalue weighted by molar-refractivity contribution is -0.145. The maximum atomic E-state index is 13.1. The fourth-order valence-corrected chi connectivity index (χ4v) is 4.96. The highest BCUT2D eigenvalue weighted by atomic mass is 16.3. The summed E-state index contributed by atoms with van der Waals surface area (Å²) in [6.07, 6.45) is 3.51. The van der Waals surface area contributed by atoms with E-state index in [4.69, 9.17) is 0 Å². The Bertz CT molecular complexity index is 683. The number of carbonyl (C=O) groups excluding carboxylic acids is 2. The molecule has 5 heteroatoms. The maximum Gasteiger partial charge on any atom is 0.239 e. The van der Waals surface area contributed by atoms with Crippen LogP contribution in [-0.2, 0) is 9.59 Å². The molecule has 2 amide bonds. The number of anilines is 1. The van der Waals surface area contributed by atoms with Crippen molar-refractivity contribution in [2.24, 2.45) is 5.92 Å². The van der Waals surface area contributed by atoms with Gasteiger partial charge in [-0.15, -0.1) is 0 Å². The zero-order valence-corrected chi connectivity index (χ0v) is 14.9. The van der Waals surface area contributed by atoms with Gasteiger partial charge in [0, 0.05) is 24.3 Å². The van der Waals surface area contributed by atoms with Crippen LogP contribution in [0.1, 0.15) is 43.2 Å². The Labute approximate surface area is 148 Å². The van der Waals surface area contributed by atoms with E-state index in [-0.39, 0.29) is 30.0 Å². The molecular formula is C20H26N2O3. The number of nitrogens with zero attached hydrogens (tertiary/aromatic N) is 2. The van der Waals surface area contributed by atoms with Crippen molar-refractivity contribution in [2.45, 2.75) is 64.1 Å². The van der Waals surface area contributed by atoms with E-state index in [1.165, 1.54) is 0 Å². The number of aliphatic hydroxyl groups excluding tert-OH is 1. The van der Waals surface area contributed by atoms with Crippen molar-refractivity contribution in [1.29, 1.82) is 0 Å². The molecule has 134 valence electrons. The Morgan fingerprint density at radius 2 is 1.64 bits per heavy atom. The van der Waals surface area contributed by atoms with E-state index in [0.29, 0.717) is 25.8 Å². The molecule has 2 bridgehead atoms. The van der Waals surface area contributed by atoms with Crippen molar-refractivity contribution >= 4 is 17.5 Å². The SMILES string of the molecule is Cc1cc(C)cc(N2CC[C@H](C(=O)N3[C@H]4CC[C@H]3CC(O)C4)C2=O)c1. The average molecular weight is 342 g/mol. The minimum atomic E-state index is -0.556. The standard InChI is InChI=1S/C20H26N2O3/c1-12-7-13(2)9-16(8-12)21-6-5-18(19(21)24)20(25)22-14-3-4-15(22)11-17(23)10-14/h7-9,14-15,17-18,23H,3-6,10-11H2,1-2H3/t14-,15-,18-/m0/s1. The summed E-state index contributed by atoms with van der Waals surface area (Å²) >= 11 is 0. The van der Waals surface area contributed by atoms with Gasteiger partial charge < -0.3 is 14.9 Å². The lowest BCUT2D eigenvalue weighted by atomic mass is 9.96. The van der Waals surface area contributed by atoms with Gasteiger partial charge in [-0.25, -0.2) is 0 Å². The van der Waals surface area contributed by atoms with Crippen LogP contribution in [0.25, 0.3) is 0 Å². The number of benzene rings is 1. The van der Waals surface area contributed by atoms with Gasteiger partial charge in [0.25, 0.3) is 0 Å². The lowest BCUT2D eigenvalue weighted by Crippen LogP contribution is -2.51. The average Bonchev–Trinajstić information content (AvgIpc) is 3.04. The minimum Gasteiger partial charge on any atom is -0.393 e. The molecule has 0 saturated carbocycles. The van der Waals surface area contributed by atoms with Gasteiger partial charge in [0.05, 0.1) is 6.10 Å². The largest absolute Gasteiger partial charge is 0.393 e. The molecule has 1 aromatic carbocycles. The highest BCUT2D eigenvalue weighted by Gasteiger charge is 2.48. The van der Waals surface area contributed by atoms with Gasteiger partial charge in [0.1, 0.15) is 5.92 Å². The van der Waals surface area contributed by atoms with Crippen molar-refractivity contribution < 1.29 is 14.7 Å². The Morgan fingerprint density at radius 1 is 1.04 bits per heavy atom. The van der Waals surface area contributed by atoms with Crippen LogP contribution in [0.5, 0.6) is 0 Å². The fraction of sp³-hybridized carbons (Fsp3) is 0.600. The Hall–Kier alpha value is -1.88. The summed E-state index contributed by atoms with van der Waals surface area (Å²) in [6, 6.07) is 6.34. The molecule has 0 unspecified atom stereocenters. The normalized spacial score (nSPS) is 31.7. The topological polar surface area (TPSA) is 60.9 Å². The van der Waals surface area contributed by atoms with Gasteiger partial charge >= 0.3 is 0 Å². The molecule has 3 atom stereocenters. The first-order valence-electron chi connectivity index (χ1n) is 9.34. The van der Waals surface area contributed by atoms with Crippen LogP contribution < -0.4 is 4.90 Å². The van der Waals surface area contributed by atoms with Crippen LogP contribution in [0.3, 0.4) is 0 Å². The molecule has 0 spiro atoms. The number of fused-ring (bicyclic) bond motifs is 2. The number of piperidine rings is 1. The second-order valence-corrected chi connectivity index (χ2v) is 7.93. The number of aliphatic hydroxyl groups is 1. The molecule has 3 aliphatic rings. The van der Waals surface area contributed by atoms with Gasteiger partial charge in [-0.3, -0.25) is 9.59 Å². The van der Waals surface area contributed by atoms with E-state index in [1.807, 2.05) is 30.9 Å². The van der Waals surface area contributed by atoms with E-state index in [1.54, 1.807) is 4.90 Å². The van der Waals surface area contributed by atoms with Crippen molar-refractivity contribution in [1.82, 2.24) is 4.90 Å². The minimum absolute atomic E-state index is 0.0173. The summed E-state index contributed by atoms with van der Waals surface area (Å²) in [5.74, 6) is -0.643. The zero-order valence-electron chi connectivity index (χ0n) is 14.9. The molecule has 1 aromatic rings. The van der Waals surface area contributed by atoms with E-state index in [9.17, 15) is 14.7 Å². The third-order valence-corrected chi connectivity index (χ3v) is 5.98. The van der Waals surface area contributed by atoms with Crippen molar-refractivity contribution in [3.63, 3.8) is 0 Å². The number of amides is 2. The van der Waals surface area contributed by atoms with Crippen molar-refractivity contribution in [2.75, 3.05) is 11.4 Å². The van der Waals surface area contributed by atoms with Crippen molar-refractivity contribution in [3.05, 3.63) is 29.3 Å². The summed E-state index contributed by atoms with van der Waals surface area (Å²) in [5, 5.41) is 9.94. The summed E-state index contributed by atoms with van der Waals surface area (Å²) in [5.41, 5.74) is 3.15. The highest BCUT2D eigenvalue weighted by Crippen LogP contribution is 2.38. The van der Waals surface area contributed by atoms with E-state index in [2.05, 4.69) is 6.07 Å². The van der Waals surface area contributed by atoms with E-state index in [0.717, 1.165) is 29.7 Å². The molecule has 25 heavy (non-hydrogen) atoms. The predicted octanol–water partition coefficient (Wildman–Crippen LogP) is 2.17. The molecular weight excluding hydrogens is 316 g/mol. The third-order valence-electron chi connectivity index (χ3n) is 5.98. The first kappa shape index (κ1) is 16.6. The van der Waals surface area contributed by atoms with E-state index < -0.39 is 5.92 Å². The van der Waals surface area contributed by atoms with Crippen LogP contribution in [0.2, 0.25) is 0 Å². The molecule has 0 aliphatic carbocycles. The molecule has 5 nitrogen and oxygen atoms in total. The van der Waals surface area contributed by atoms with Crippen LogP contribution in [0, 0.1) is 19.8 Å². The quantitative estimate of drug-likeness (QED) is 0.838. The summed E-state index contributed by atoms with van der Waals surface area (Å²) in [6.45, 7) is 4.65. The third kappa shape index (κ3) is 2.84. The smallest absolute Gasteiger partial charge is 0.239 e. The Kier molecular flexibility index (Phi) is 4.07. The molecule has 3 aliphatic heterocycles. The lowest BCUT2D eigenvalue weighted by Gasteiger charge is -2.38. The number of aryl methyl sites for hydroxylation is 2. The van der Waals surface area contributed by atoms with Gasteiger partial charge in [-0.1, -0.05) is 6.07 Å². The van der Waals surface area contributed by atoms with Crippen LogP contribution in [0.15, 0.2) is 18.2 Å². The fourth-order valence-electron chi connectivity index (χ4n) is 4.96. The van der Waals surface area contributed by atoms with Crippen LogP contribution in [-0.4, -0.2) is 46.6 Å². The molecule has 3 fully saturated rings. The van der Waals surface area contributed by atoms with Gasteiger partial charge in [-0.2, -0.15) is 0 Å². The maximum absolute atomic E-state index is 13.1. The number of rotatable bonds is 2. The summed E-state index contributed by atoms with van der Waals surface area (Å²) < 4.78 is 0. The van der Waals surface area contributed by atoms with Gasteiger partial charge in [0.2, 0.25) is 11.8 Å². The van der Waals surface area contributed by atoms with Gasteiger partial charge in [0.15, 0.2) is 0 Å². The molecule has 3 saturated heterocycles. The molecule has 4 rings (SSSR count). The van der Waals surface area contributed by atoms with Crippen LogP contribution >= 0.6 is 0 Å². The van der Waals surface area contributed by atoms with E-state index >= 15 is 0 Å². The molecule has 0 radical (unpaired) electrons. The Morgan fingerprint density at radius 3 is 2.24 bits per heavy atom. The number of hydrogen-bond acceptors (Lipinski definition) is 3. The first-order chi connectivity index (χ1) is 11.9. The molecule has 0 aromatic heterocycles. The monoisotopic (exact) mass is 342 g/mol. The van der Waals surface area contributed by atoms with Crippen molar-refractivity contribution in [3.8, 4) is 0 Å². The highest BCUT2D eigenvalue weighted by molar-refractivity contribution is 6.09. The zero-order chi connectivity index (χ0) is 17.7. The second-order valence-electron chi connectivity index (χ2n) is 7.93. The van der Waals surface area contributed by atoms with Gasteiger partial charge in [-0.05, 0) is 69.2 Å².